The minimum atomic E-state index is -0.333. The van der Waals surface area contributed by atoms with Crippen molar-refractivity contribution < 1.29 is 27.6 Å². The molecule has 8 heteroatoms. The highest BCUT2D eigenvalue weighted by molar-refractivity contribution is 7.26. The van der Waals surface area contributed by atoms with E-state index in [1.54, 1.807) is 7.11 Å². The average molecular weight is 270 g/mol. The molecule has 0 radical (unpaired) electrons. The summed E-state index contributed by atoms with van der Waals surface area (Å²) in [6, 6.07) is 0. The Morgan fingerprint density at radius 1 is 1.12 bits per heavy atom. The fraction of sp³-hybridized carbons (Fsp3) is 1.00. The van der Waals surface area contributed by atoms with E-state index in [1.165, 1.54) is 0 Å². The van der Waals surface area contributed by atoms with Crippen LogP contribution in [0, 0.1) is 5.41 Å². The zero-order valence-electron chi connectivity index (χ0n) is 9.06. The van der Waals surface area contributed by atoms with Crippen LogP contribution in [0.25, 0.3) is 0 Å². The average Bonchev–Trinajstić information content (AvgIpc) is 2.33. The van der Waals surface area contributed by atoms with Crippen molar-refractivity contribution in [3.05, 3.63) is 0 Å². The van der Waals surface area contributed by atoms with E-state index in [-0.39, 0.29) is 29.8 Å². The highest BCUT2D eigenvalue weighted by atomic mass is 31.1. The monoisotopic (exact) mass is 270 g/mol. The van der Waals surface area contributed by atoms with Crippen LogP contribution in [0.15, 0.2) is 0 Å². The summed E-state index contributed by atoms with van der Waals surface area (Å²) >= 11 is 0. The van der Waals surface area contributed by atoms with E-state index in [0.29, 0.717) is 33.0 Å². The molecule has 2 heterocycles. The Bertz CT molecular complexity index is 202. The van der Waals surface area contributed by atoms with Crippen molar-refractivity contribution in [2.24, 2.45) is 5.41 Å². The Morgan fingerprint density at radius 2 is 1.81 bits per heavy atom. The van der Waals surface area contributed by atoms with Gasteiger partial charge in [-0.05, 0) is 0 Å². The first-order valence-corrected chi connectivity index (χ1v) is 6.62. The summed E-state index contributed by atoms with van der Waals surface area (Å²) in [6.45, 7) is 2.69. The molecule has 2 fully saturated rings. The highest BCUT2D eigenvalue weighted by Crippen LogP contribution is 2.43. The third kappa shape index (κ3) is 3.09. The van der Waals surface area contributed by atoms with E-state index in [9.17, 15) is 0 Å². The number of hydrogen-bond donors (Lipinski definition) is 0. The molecule has 0 bridgehead atoms. The topological polar surface area (TPSA) is 55.4 Å². The summed E-state index contributed by atoms with van der Waals surface area (Å²) in [5.74, 6) is 0. The van der Waals surface area contributed by atoms with Gasteiger partial charge in [0.15, 0.2) is 24.4 Å². The van der Waals surface area contributed by atoms with E-state index in [4.69, 9.17) is 27.6 Å². The lowest BCUT2D eigenvalue weighted by Crippen LogP contribution is -2.51. The summed E-state index contributed by atoms with van der Waals surface area (Å²) in [4.78, 5) is 0. The Morgan fingerprint density at radius 3 is 2.50 bits per heavy atom. The molecule has 0 aromatic carbocycles. The van der Waals surface area contributed by atoms with Crippen LogP contribution in [0.5, 0.6) is 0 Å². The zero-order chi connectivity index (χ0) is 11.3. The van der Waals surface area contributed by atoms with Gasteiger partial charge >= 0.3 is 0 Å². The summed E-state index contributed by atoms with van der Waals surface area (Å²) in [5.41, 5.74) is -0.329. The molecule has 2 saturated heterocycles. The highest BCUT2D eigenvalue weighted by Gasteiger charge is 2.46. The van der Waals surface area contributed by atoms with Crippen molar-refractivity contribution in [2.75, 3.05) is 40.1 Å². The summed E-state index contributed by atoms with van der Waals surface area (Å²) in [6.07, 6.45) is -0.333. The first kappa shape index (κ1) is 13.1. The van der Waals surface area contributed by atoms with Crippen molar-refractivity contribution in [1.82, 2.24) is 0 Å². The zero-order valence-corrected chi connectivity index (χ0v) is 11.1. The lowest BCUT2D eigenvalue weighted by molar-refractivity contribution is -0.214. The Kier molecular flexibility index (Phi) is 5.33. The molecule has 16 heavy (non-hydrogen) atoms. The molecule has 2 aliphatic heterocycles. The molecule has 0 aliphatic carbocycles. The third-order valence-electron chi connectivity index (χ3n) is 2.47. The second-order valence-corrected chi connectivity index (χ2v) is 5.14. The van der Waals surface area contributed by atoms with Gasteiger partial charge in [-0.1, -0.05) is 0 Å². The van der Waals surface area contributed by atoms with Crippen LogP contribution in [0.4, 0.5) is 0 Å². The van der Waals surface area contributed by atoms with E-state index in [0.717, 1.165) is 0 Å². The molecule has 0 saturated carbocycles. The molecule has 6 nitrogen and oxygen atoms in total. The van der Waals surface area contributed by atoms with Crippen molar-refractivity contribution in [1.29, 1.82) is 0 Å². The second-order valence-electron chi connectivity index (χ2n) is 3.71. The van der Waals surface area contributed by atoms with Crippen LogP contribution in [0.2, 0.25) is 0 Å². The molecule has 2 aliphatic rings. The van der Waals surface area contributed by atoms with Crippen LogP contribution in [-0.4, -0.2) is 46.4 Å². The van der Waals surface area contributed by atoms with Gasteiger partial charge in [0, 0.05) is 7.11 Å². The van der Waals surface area contributed by atoms with Crippen molar-refractivity contribution >= 4 is 18.1 Å². The lowest BCUT2D eigenvalue weighted by atomic mass is 9.90. The molecular weight excluding hydrogens is 254 g/mol. The lowest BCUT2D eigenvalue weighted by Gasteiger charge is -2.43. The standard InChI is InChI=1S/C8H16O6P2/c1-9-2-3-10-7-8(6-13-16-14-7)4-11-15-12-5-8/h7,15-16H,2-6H2,1H3. The van der Waals surface area contributed by atoms with Gasteiger partial charge < -0.3 is 27.6 Å². The van der Waals surface area contributed by atoms with Crippen molar-refractivity contribution in [3.8, 4) is 0 Å². The summed E-state index contributed by atoms with van der Waals surface area (Å²) in [5, 5.41) is 0. The number of hydrogen-bond acceptors (Lipinski definition) is 6. The minimum Gasteiger partial charge on any atom is -0.382 e. The van der Waals surface area contributed by atoms with Crippen LogP contribution in [-0.2, 0) is 27.6 Å². The molecule has 0 aromatic heterocycles. The SMILES string of the molecule is COCCOC1OPOCC12COPOC2. The van der Waals surface area contributed by atoms with Gasteiger partial charge in [-0.2, -0.15) is 0 Å². The van der Waals surface area contributed by atoms with E-state index in [2.05, 4.69) is 0 Å². The second kappa shape index (κ2) is 6.53. The predicted octanol–water partition coefficient (Wildman–Crippen LogP) is 1.07. The van der Waals surface area contributed by atoms with Crippen LogP contribution in [0.1, 0.15) is 0 Å². The third-order valence-corrected chi connectivity index (χ3v) is 3.56. The molecule has 2 rings (SSSR count). The predicted molar refractivity (Wildman–Crippen MR) is 59.6 cm³/mol. The van der Waals surface area contributed by atoms with Crippen molar-refractivity contribution in [3.63, 3.8) is 0 Å². The molecule has 2 unspecified atom stereocenters. The summed E-state index contributed by atoms with van der Waals surface area (Å²) in [7, 11) is 1.76. The normalized spacial score (nSPS) is 38.4. The first-order valence-electron chi connectivity index (χ1n) is 4.99. The molecule has 0 N–H and O–H groups in total. The van der Waals surface area contributed by atoms with Gasteiger partial charge in [-0.3, -0.25) is 0 Å². The first-order chi connectivity index (χ1) is 7.87. The van der Waals surface area contributed by atoms with E-state index in [1.807, 2.05) is 0 Å². The van der Waals surface area contributed by atoms with Gasteiger partial charge in [-0.25, -0.2) is 0 Å². The number of methoxy groups -OCH3 is 1. The molecule has 94 valence electrons. The smallest absolute Gasteiger partial charge is 0.176 e. The maximum absolute atomic E-state index is 5.64. The fourth-order valence-corrected chi connectivity index (χ4v) is 3.14. The molecular formula is C8H16O6P2. The van der Waals surface area contributed by atoms with Crippen LogP contribution >= 0.6 is 18.1 Å². The molecule has 0 amide bonds. The van der Waals surface area contributed by atoms with Crippen LogP contribution < -0.4 is 0 Å². The Labute approximate surface area is 98.1 Å². The van der Waals surface area contributed by atoms with E-state index >= 15 is 0 Å². The number of rotatable bonds is 4. The quantitative estimate of drug-likeness (QED) is 0.562. The Balaban J connectivity index is 1.90. The molecule has 2 atom stereocenters. The van der Waals surface area contributed by atoms with Gasteiger partial charge in [0.2, 0.25) is 0 Å². The van der Waals surface area contributed by atoms with Gasteiger partial charge in [0.05, 0.1) is 38.4 Å². The number of ether oxygens (including phenoxy) is 2. The fourth-order valence-electron chi connectivity index (χ4n) is 1.54. The summed E-state index contributed by atoms with van der Waals surface area (Å²) < 4.78 is 32.1. The Hall–Kier alpha value is 0.620. The van der Waals surface area contributed by atoms with Gasteiger partial charge in [0.1, 0.15) is 0 Å². The van der Waals surface area contributed by atoms with E-state index < -0.39 is 0 Å². The maximum atomic E-state index is 5.64. The van der Waals surface area contributed by atoms with Gasteiger partial charge in [0.25, 0.3) is 0 Å². The van der Waals surface area contributed by atoms with Crippen LogP contribution in [0.3, 0.4) is 0 Å². The van der Waals surface area contributed by atoms with Gasteiger partial charge in [-0.15, -0.1) is 0 Å². The maximum Gasteiger partial charge on any atom is 0.176 e. The molecule has 1 spiro atoms. The van der Waals surface area contributed by atoms with Crippen molar-refractivity contribution in [2.45, 2.75) is 6.29 Å². The molecule has 0 aromatic rings. The largest absolute Gasteiger partial charge is 0.382 e. The minimum absolute atomic E-state index is 0.0176.